The number of esters is 3. The molecule has 0 aromatic rings. The lowest BCUT2D eigenvalue weighted by Crippen LogP contribution is -2.30. The lowest BCUT2D eigenvalue weighted by Gasteiger charge is -2.18. The first-order chi connectivity index (χ1) is 38.0. The molecule has 0 aromatic heterocycles. The van der Waals surface area contributed by atoms with Gasteiger partial charge in [-0.05, 0) is 135 Å². The van der Waals surface area contributed by atoms with E-state index in [1.54, 1.807) is 0 Å². The van der Waals surface area contributed by atoms with Crippen molar-refractivity contribution >= 4 is 17.9 Å². The Hall–Kier alpha value is -4.19. The number of unbranched alkanes of at least 4 members (excludes halogenated alkanes) is 26. The molecule has 0 amide bonds. The van der Waals surface area contributed by atoms with E-state index in [0.717, 1.165) is 128 Å². The van der Waals surface area contributed by atoms with Gasteiger partial charge < -0.3 is 14.2 Å². The first-order valence-electron chi connectivity index (χ1n) is 32.0. The van der Waals surface area contributed by atoms with E-state index >= 15 is 0 Å². The van der Waals surface area contributed by atoms with Crippen molar-refractivity contribution in [2.75, 3.05) is 13.2 Å². The quantitative estimate of drug-likeness (QED) is 0.0261. The van der Waals surface area contributed by atoms with Crippen molar-refractivity contribution in [3.05, 3.63) is 122 Å². The van der Waals surface area contributed by atoms with Gasteiger partial charge >= 0.3 is 17.9 Å². The molecule has 0 radical (unpaired) electrons. The van der Waals surface area contributed by atoms with Crippen LogP contribution in [0.1, 0.15) is 290 Å². The zero-order valence-electron chi connectivity index (χ0n) is 50.2. The summed E-state index contributed by atoms with van der Waals surface area (Å²) in [7, 11) is 0. The SMILES string of the molecule is CC/C=C\C/C=C\C/C=C\C/C=C\CCCCC(=O)OCC(COC(=O)CCCCCCCCCC/C=C\C/C=C\C/C=C\CCCCCCC)OC(=O)CCCCCCCC/C=C\C/C=C\C/C=C\CCCCCCC. The van der Waals surface area contributed by atoms with Gasteiger partial charge in [0.25, 0.3) is 0 Å². The number of hydrogen-bond acceptors (Lipinski definition) is 6. The molecule has 0 aliphatic rings. The molecule has 438 valence electrons. The number of carbonyl (C=O) groups is 3. The van der Waals surface area contributed by atoms with E-state index in [2.05, 4.69) is 142 Å². The van der Waals surface area contributed by atoms with E-state index in [9.17, 15) is 14.4 Å². The van der Waals surface area contributed by atoms with Gasteiger partial charge in [-0.25, -0.2) is 0 Å². The van der Waals surface area contributed by atoms with Crippen LogP contribution in [0.2, 0.25) is 0 Å². The zero-order valence-corrected chi connectivity index (χ0v) is 50.2. The van der Waals surface area contributed by atoms with Crippen LogP contribution in [0.3, 0.4) is 0 Å². The summed E-state index contributed by atoms with van der Waals surface area (Å²) in [5, 5.41) is 0. The van der Waals surface area contributed by atoms with E-state index in [-0.39, 0.29) is 31.1 Å². The van der Waals surface area contributed by atoms with Crippen molar-refractivity contribution < 1.29 is 28.6 Å². The third-order valence-electron chi connectivity index (χ3n) is 13.4. The summed E-state index contributed by atoms with van der Waals surface area (Å²) in [6, 6.07) is 0. The average molecular weight is 1070 g/mol. The fourth-order valence-electron chi connectivity index (χ4n) is 8.62. The summed E-state index contributed by atoms with van der Waals surface area (Å²) in [5.74, 6) is -0.962. The number of rotatable bonds is 57. The third kappa shape index (κ3) is 62.5. The van der Waals surface area contributed by atoms with Gasteiger partial charge in [-0.15, -0.1) is 0 Å². The number of allylic oxidation sites excluding steroid dienone is 20. The molecule has 0 aromatic carbocycles. The molecule has 0 heterocycles. The predicted molar refractivity (Wildman–Crippen MR) is 334 cm³/mol. The van der Waals surface area contributed by atoms with Crippen molar-refractivity contribution in [2.24, 2.45) is 0 Å². The second kappa shape index (κ2) is 64.3. The minimum Gasteiger partial charge on any atom is -0.462 e. The van der Waals surface area contributed by atoms with Crippen LogP contribution < -0.4 is 0 Å². The highest BCUT2D eigenvalue weighted by molar-refractivity contribution is 5.71. The smallest absolute Gasteiger partial charge is 0.306 e. The minimum absolute atomic E-state index is 0.103. The van der Waals surface area contributed by atoms with Crippen LogP contribution in [0.4, 0.5) is 0 Å². The largest absolute Gasteiger partial charge is 0.462 e. The van der Waals surface area contributed by atoms with Crippen molar-refractivity contribution in [3.63, 3.8) is 0 Å². The van der Waals surface area contributed by atoms with Crippen LogP contribution in [0.25, 0.3) is 0 Å². The van der Waals surface area contributed by atoms with E-state index in [1.165, 1.54) is 122 Å². The number of hydrogen-bond donors (Lipinski definition) is 0. The Balaban J connectivity index is 4.46. The van der Waals surface area contributed by atoms with Crippen LogP contribution in [-0.2, 0) is 28.6 Å². The molecular formula is C71H118O6. The maximum atomic E-state index is 12.9. The molecular weight excluding hydrogens is 949 g/mol. The molecule has 0 spiro atoms. The molecule has 0 aliphatic carbocycles. The van der Waals surface area contributed by atoms with Crippen molar-refractivity contribution in [3.8, 4) is 0 Å². The molecule has 77 heavy (non-hydrogen) atoms. The summed E-state index contributed by atoms with van der Waals surface area (Å²) >= 11 is 0. The van der Waals surface area contributed by atoms with Crippen LogP contribution >= 0.6 is 0 Å². The molecule has 1 atom stereocenters. The summed E-state index contributed by atoms with van der Waals surface area (Å²) in [6.07, 6.45) is 89.1. The Morgan fingerprint density at radius 1 is 0.273 bits per heavy atom. The summed E-state index contributed by atoms with van der Waals surface area (Å²) < 4.78 is 16.9. The fraction of sp³-hybridized carbons (Fsp3) is 0.676. The first kappa shape index (κ1) is 72.8. The van der Waals surface area contributed by atoms with E-state index in [1.807, 2.05) is 0 Å². The first-order valence-corrected chi connectivity index (χ1v) is 32.0. The van der Waals surface area contributed by atoms with E-state index in [4.69, 9.17) is 14.2 Å². The maximum Gasteiger partial charge on any atom is 0.306 e. The molecule has 6 heteroatoms. The molecule has 0 N–H and O–H groups in total. The average Bonchev–Trinajstić information content (AvgIpc) is 3.43. The molecule has 0 aliphatic heterocycles. The maximum absolute atomic E-state index is 12.9. The van der Waals surface area contributed by atoms with E-state index in [0.29, 0.717) is 19.3 Å². The van der Waals surface area contributed by atoms with Crippen LogP contribution in [-0.4, -0.2) is 37.2 Å². The second-order valence-electron chi connectivity index (χ2n) is 20.9. The molecule has 0 rings (SSSR count). The summed E-state index contributed by atoms with van der Waals surface area (Å²) in [6.45, 7) is 6.46. The standard InChI is InChI=1S/C71H118O6/c1-4-7-10-13-16-19-22-25-28-30-32-34-35-37-38-40-43-46-49-52-55-58-61-64-70(73)76-67-68(66-75-69(72)63-60-57-54-51-48-45-42-27-24-21-18-15-12-9-6-3)77-71(74)65-62-59-56-53-50-47-44-41-39-36-33-31-29-26-23-20-17-14-11-8-5-2/h9,12,18,21-23,25-27,30-33,35,37,39,41-42,48,51,68H,4-8,10-11,13-17,19-20,24,28-29,34,36,38,40,43-47,49-50,52-67H2,1-3H3/b12-9-,21-18-,25-22-,26-23-,32-30-,33-31-,37-35-,41-39-,42-27-,51-48-. The van der Waals surface area contributed by atoms with E-state index < -0.39 is 6.10 Å². The molecule has 6 nitrogen and oxygen atoms in total. The van der Waals surface area contributed by atoms with Crippen molar-refractivity contribution in [1.29, 1.82) is 0 Å². The summed E-state index contributed by atoms with van der Waals surface area (Å²) in [4.78, 5) is 38.3. The second-order valence-corrected chi connectivity index (χ2v) is 20.9. The fourth-order valence-corrected chi connectivity index (χ4v) is 8.62. The number of carbonyl (C=O) groups excluding carboxylic acids is 3. The number of ether oxygens (including phenoxy) is 3. The molecule has 0 saturated carbocycles. The van der Waals surface area contributed by atoms with Gasteiger partial charge in [0.1, 0.15) is 13.2 Å². The van der Waals surface area contributed by atoms with Gasteiger partial charge in [-0.1, -0.05) is 258 Å². The topological polar surface area (TPSA) is 78.9 Å². The highest BCUT2D eigenvalue weighted by atomic mass is 16.6. The highest BCUT2D eigenvalue weighted by Gasteiger charge is 2.19. The Kier molecular flexibility index (Phi) is 60.8. The normalized spacial score (nSPS) is 12.9. The van der Waals surface area contributed by atoms with Gasteiger partial charge in [-0.3, -0.25) is 14.4 Å². The Morgan fingerprint density at radius 2 is 0.506 bits per heavy atom. The zero-order chi connectivity index (χ0) is 55.7. The Labute approximate surface area is 475 Å². The highest BCUT2D eigenvalue weighted by Crippen LogP contribution is 2.15. The summed E-state index contributed by atoms with van der Waals surface area (Å²) in [5.41, 5.74) is 0. The predicted octanol–water partition coefficient (Wildman–Crippen LogP) is 22.0. The Morgan fingerprint density at radius 3 is 0.818 bits per heavy atom. The van der Waals surface area contributed by atoms with Gasteiger partial charge in [0, 0.05) is 19.3 Å². The lowest BCUT2D eigenvalue weighted by molar-refractivity contribution is -0.167. The molecule has 0 fully saturated rings. The minimum atomic E-state index is -0.811. The van der Waals surface area contributed by atoms with Crippen molar-refractivity contribution in [1.82, 2.24) is 0 Å². The van der Waals surface area contributed by atoms with Crippen LogP contribution in [0, 0.1) is 0 Å². The molecule has 1 unspecified atom stereocenters. The van der Waals surface area contributed by atoms with Crippen LogP contribution in [0.5, 0.6) is 0 Å². The van der Waals surface area contributed by atoms with Gasteiger partial charge in [0.05, 0.1) is 0 Å². The molecule has 0 saturated heterocycles. The Bertz CT molecular complexity index is 1600. The van der Waals surface area contributed by atoms with Crippen molar-refractivity contribution in [2.45, 2.75) is 297 Å². The van der Waals surface area contributed by atoms with Gasteiger partial charge in [0.2, 0.25) is 0 Å². The lowest BCUT2D eigenvalue weighted by atomic mass is 10.1. The monoisotopic (exact) mass is 1070 g/mol. The third-order valence-corrected chi connectivity index (χ3v) is 13.4. The van der Waals surface area contributed by atoms with Gasteiger partial charge in [0.15, 0.2) is 6.10 Å². The van der Waals surface area contributed by atoms with Gasteiger partial charge in [-0.2, -0.15) is 0 Å². The van der Waals surface area contributed by atoms with Crippen LogP contribution in [0.15, 0.2) is 122 Å². The molecule has 0 bridgehead atoms.